The minimum atomic E-state index is -0.244. The Labute approximate surface area is 98.9 Å². The first-order valence-electron chi connectivity index (χ1n) is 5.99. The van der Waals surface area contributed by atoms with Crippen molar-refractivity contribution in [1.82, 2.24) is 0 Å². The first kappa shape index (κ1) is 13.0. The molecular weight excluding hydrogens is 196 g/mol. The van der Waals surface area contributed by atoms with Gasteiger partial charge in [0.25, 0.3) is 0 Å². The van der Waals surface area contributed by atoms with Crippen molar-refractivity contribution in [2.75, 3.05) is 0 Å². The Balaban J connectivity index is 2.68. The zero-order valence-electron chi connectivity index (χ0n) is 10.8. The number of benzene rings is 1. The van der Waals surface area contributed by atoms with Crippen LogP contribution in [0.15, 0.2) is 30.3 Å². The van der Waals surface area contributed by atoms with Crippen LogP contribution in [0.1, 0.15) is 39.7 Å². The van der Waals surface area contributed by atoms with Gasteiger partial charge in [-0.15, -0.1) is 0 Å². The molecule has 88 valence electrons. The van der Waals surface area contributed by atoms with E-state index in [0.717, 1.165) is 6.42 Å². The summed E-state index contributed by atoms with van der Waals surface area (Å²) >= 11 is 0. The Hall–Kier alpha value is -1.11. The predicted octanol–water partition coefficient (Wildman–Crippen LogP) is 3.87. The second-order valence-electron chi connectivity index (χ2n) is 5.57. The smallest absolute Gasteiger partial charge is 0.139 e. The second-order valence-corrected chi connectivity index (χ2v) is 5.57. The fourth-order valence-electron chi connectivity index (χ4n) is 1.85. The largest absolute Gasteiger partial charge is 0.299 e. The zero-order valence-corrected chi connectivity index (χ0v) is 10.8. The van der Waals surface area contributed by atoms with E-state index in [1.807, 2.05) is 32.0 Å². The van der Waals surface area contributed by atoms with Gasteiger partial charge in [0.05, 0.1) is 0 Å². The molecule has 0 aliphatic rings. The molecule has 16 heavy (non-hydrogen) atoms. The van der Waals surface area contributed by atoms with E-state index >= 15 is 0 Å². The van der Waals surface area contributed by atoms with E-state index in [0.29, 0.717) is 18.1 Å². The molecule has 0 bridgehead atoms. The van der Waals surface area contributed by atoms with Crippen LogP contribution >= 0.6 is 0 Å². The third-order valence-electron chi connectivity index (χ3n) is 2.84. The van der Waals surface area contributed by atoms with Gasteiger partial charge in [0.2, 0.25) is 0 Å². The van der Waals surface area contributed by atoms with Crippen LogP contribution in [0.3, 0.4) is 0 Å². The van der Waals surface area contributed by atoms with Gasteiger partial charge in [-0.25, -0.2) is 0 Å². The molecular formula is C15H22O. The number of Topliss-reactive ketones (excluding diaryl/α,β-unsaturated/α-hetero) is 1. The summed E-state index contributed by atoms with van der Waals surface area (Å²) in [5.41, 5.74) is 0.996. The molecule has 1 aromatic rings. The Kier molecular flexibility index (Phi) is 4.28. The van der Waals surface area contributed by atoms with Gasteiger partial charge in [0.1, 0.15) is 5.78 Å². The molecule has 0 saturated carbocycles. The van der Waals surface area contributed by atoms with Crippen molar-refractivity contribution in [2.45, 2.75) is 40.5 Å². The van der Waals surface area contributed by atoms with Gasteiger partial charge in [-0.1, -0.05) is 58.0 Å². The molecule has 0 aromatic heterocycles. The molecule has 0 radical (unpaired) electrons. The molecule has 0 heterocycles. The van der Waals surface area contributed by atoms with E-state index in [2.05, 4.69) is 26.0 Å². The number of hydrogen-bond donors (Lipinski definition) is 0. The predicted molar refractivity (Wildman–Crippen MR) is 68.4 cm³/mol. The third-order valence-corrected chi connectivity index (χ3v) is 2.84. The quantitative estimate of drug-likeness (QED) is 0.733. The Morgan fingerprint density at radius 3 is 2.25 bits per heavy atom. The summed E-state index contributed by atoms with van der Waals surface area (Å²) in [6, 6.07) is 10.2. The molecule has 1 nitrogen and oxygen atoms in total. The summed E-state index contributed by atoms with van der Waals surface area (Å²) in [6.45, 7) is 8.28. The topological polar surface area (TPSA) is 17.1 Å². The van der Waals surface area contributed by atoms with E-state index in [9.17, 15) is 4.79 Å². The molecule has 0 amide bonds. The van der Waals surface area contributed by atoms with Crippen molar-refractivity contribution in [3.63, 3.8) is 0 Å². The number of carbonyl (C=O) groups excluding carboxylic acids is 1. The van der Waals surface area contributed by atoms with E-state index in [-0.39, 0.29) is 5.41 Å². The van der Waals surface area contributed by atoms with Gasteiger partial charge in [-0.05, 0) is 17.9 Å². The van der Waals surface area contributed by atoms with Crippen LogP contribution in [-0.2, 0) is 11.2 Å². The second kappa shape index (κ2) is 5.29. The maximum absolute atomic E-state index is 12.1. The number of ketones is 1. The summed E-state index contributed by atoms with van der Waals surface area (Å²) in [5, 5.41) is 0. The summed E-state index contributed by atoms with van der Waals surface area (Å²) in [6.07, 6.45) is 1.51. The monoisotopic (exact) mass is 218 g/mol. The van der Waals surface area contributed by atoms with Crippen molar-refractivity contribution < 1.29 is 4.79 Å². The Morgan fingerprint density at radius 1 is 1.19 bits per heavy atom. The van der Waals surface area contributed by atoms with E-state index in [1.165, 1.54) is 5.56 Å². The van der Waals surface area contributed by atoms with Crippen LogP contribution in [0.5, 0.6) is 0 Å². The van der Waals surface area contributed by atoms with E-state index < -0.39 is 0 Å². The molecule has 0 aliphatic heterocycles. The Bertz CT molecular complexity index is 336. The number of hydrogen-bond acceptors (Lipinski definition) is 1. The summed E-state index contributed by atoms with van der Waals surface area (Å²) in [4.78, 5) is 12.1. The van der Waals surface area contributed by atoms with Crippen LogP contribution in [0, 0.1) is 11.3 Å². The highest BCUT2D eigenvalue weighted by Gasteiger charge is 2.27. The molecule has 0 unspecified atom stereocenters. The summed E-state index contributed by atoms with van der Waals surface area (Å²) < 4.78 is 0. The maximum atomic E-state index is 12.1. The lowest BCUT2D eigenvalue weighted by Gasteiger charge is -2.24. The van der Waals surface area contributed by atoms with Crippen molar-refractivity contribution in [1.29, 1.82) is 0 Å². The van der Waals surface area contributed by atoms with Crippen molar-refractivity contribution >= 4 is 5.78 Å². The van der Waals surface area contributed by atoms with Gasteiger partial charge in [0, 0.05) is 11.8 Å². The summed E-state index contributed by atoms with van der Waals surface area (Å²) in [7, 11) is 0. The van der Waals surface area contributed by atoms with Gasteiger partial charge < -0.3 is 0 Å². The van der Waals surface area contributed by atoms with Crippen LogP contribution in [-0.4, -0.2) is 5.78 Å². The van der Waals surface area contributed by atoms with Gasteiger partial charge in [-0.3, -0.25) is 4.79 Å². The first-order valence-corrected chi connectivity index (χ1v) is 5.99. The van der Waals surface area contributed by atoms with Crippen LogP contribution in [0.2, 0.25) is 0 Å². The van der Waals surface area contributed by atoms with Crippen molar-refractivity contribution in [3.8, 4) is 0 Å². The highest BCUT2D eigenvalue weighted by atomic mass is 16.1. The summed E-state index contributed by atoms with van der Waals surface area (Å²) in [5.74, 6) is 0.814. The normalized spacial score (nSPS) is 11.8. The van der Waals surface area contributed by atoms with Gasteiger partial charge in [-0.2, -0.15) is 0 Å². The van der Waals surface area contributed by atoms with Crippen LogP contribution in [0.4, 0.5) is 0 Å². The fraction of sp³-hybridized carbons (Fsp3) is 0.533. The van der Waals surface area contributed by atoms with Crippen LogP contribution < -0.4 is 0 Å². The third kappa shape index (κ3) is 3.80. The molecule has 1 rings (SSSR count). The molecule has 0 spiro atoms. The minimum absolute atomic E-state index is 0.244. The van der Waals surface area contributed by atoms with E-state index in [4.69, 9.17) is 0 Å². The average Bonchev–Trinajstić information content (AvgIpc) is 2.17. The van der Waals surface area contributed by atoms with Crippen molar-refractivity contribution in [2.24, 2.45) is 11.3 Å². The van der Waals surface area contributed by atoms with Gasteiger partial charge in [0.15, 0.2) is 0 Å². The average molecular weight is 218 g/mol. The van der Waals surface area contributed by atoms with E-state index in [1.54, 1.807) is 0 Å². The molecule has 1 aromatic carbocycles. The lowest BCUT2D eigenvalue weighted by atomic mass is 9.79. The Morgan fingerprint density at radius 2 is 1.75 bits per heavy atom. The van der Waals surface area contributed by atoms with Crippen LogP contribution in [0.25, 0.3) is 0 Å². The number of rotatable bonds is 5. The SMILES string of the molecule is CC(C)CC(=O)C(C)(C)Cc1ccccc1. The zero-order chi connectivity index (χ0) is 12.2. The number of carbonyl (C=O) groups is 1. The highest BCUT2D eigenvalue weighted by Crippen LogP contribution is 2.25. The lowest BCUT2D eigenvalue weighted by Crippen LogP contribution is -2.27. The van der Waals surface area contributed by atoms with Gasteiger partial charge >= 0.3 is 0 Å². The molecule has 0 fully saturated rings. The lowest BCUT2D eigenvalue weighted by molar-refractivity contribution is -0.127. The molecule has 0 aliphatic carbocycles. The maximum Gasteiger partial charge on any atom is 0.139 e. The molecule has 0 N–H and O–H groups in total. The first-order chi connectivity index (χ1) is 7.42. The molecule has 0 saturated heterocycles. The standard InChI is InChI=1S/C15H22O/c1-12(2)10-14(16)15(3,4)11-13-8-6-5-7-9-13/h5-9,12H,10-11H2,1-4H3. The fourth-order valence-corrected chi connectivity index (χ4v) is 1.85. The van der Waals surface area contributed by atoms with Crippen molar-refractivity contribution in [3.05, 3.63) is 35.9 Å². The highest BCUT2D eigenvalue weighted by molar-refractivity contribution is 5.84. The minimum Gasteiger partial charge on any atom is -0.299 e. The molecule has 0 atom stereocenters. The molecule has 1 heteroatoms.